The van der Waals surface area contributed by atoms with Crippen molar-refractivity contribution in [3.05, 3.63) is 47.2 Å². The van der Waals surface area contributed by atoms with Crippen molar-refractivity contribution in [2.45, 2.75) is 11.8 Å². The van der Waals surface area contributed by atoms with Gasteiger partial charge in [-0.2, -0.15) is 0 Å². The molecule has 0 atom stereocenters. The lowest BCUT2D eigenvalue weighted by Gasteiger charge is -2.12. The first kappa shape index (κ1) is 18.8. The normalized spacial score (nSPS) is 11.6. The third-order valence-corrected chi connectivity index (χ3v) is 5.23. The highest BCUT2D eigenvalue weighted by atomic mass is 35.5. The number of hydrogen-bond donors (Lipinski definition) is 3. The Morgan fingerprint density at radius 2 is 1.88 bits per heavy atom. The van der Waals surface area contributed by atoms with Gasteiger partial charge in [0.1, 0.15) is 5.15 Å². The molecule has 2 aromatic rings. The average molecular weight is 370 g/mol. The maximum atomic E-state index is 12.5. The molecule has 0 fully saturated rings. The van der Waals surface area contributed by atoms with Gasteiger partial charge in [-0.1, -0.05) is 23.7 Å². The van der Waals surface area contributed by atoms with Crippen LogP contribution in [0.4, 0.5) is 0 Å². The van der Waals surface area contributed by atoms with Crippen LogP contribution in [0.15, 0.2) is 41.4 Å². The fraction of sp³-hybridized carbons (Fsp3) is 0.312. The van der Waals surface area contributed by atoms with E-state index < -0.39 is 10.0 Å². The lowest BCUT2D eigenvalue weighted by atomic mass is 10.1. The second kappa shape index (κ2) is 8.55. The maximum Gasteiger partial charge on any atom is 0.240 e. The van der Waals surface area contributed by atoms with Crippen LogP contribution in [0.25, 0.3) is 11.1 Å². The summed E-state index contributed by atoms with van der Waals surface area (Å²) in [5.74, 6) is 0. The highest BCUT2D eigenvalue weighted by Crippen LogP contribution is 2.26. The molecule has 1 heterocycles. The molecule has 0 aliphatic rings. The van der Waals surface area contributed by atoms with E-state index >= 15 is 0 Å². The second-order valence-electron chi connectivity index (χ2n) is 5.22. The smallest absolute Gasteiger partial charge is 0.240 e. The third-order valence-electron chi connectivity index (χ3n) is 3.42. The number of hydrogen-bond acceptors (Lipinski definition) is 5. The summed E-state index contributed by atoms with van der Waals surface area (Å²) < 4.78 is 27.6. The molecular weight excluding hydrogens is 350 g/mol. The molecule has 0 bridgehead atoms. The molecule has 3 N–H and O–H groups in total. The van der Waals surface area contributed by atoms with Crippen LogP contribution >= 0.6 is 11.6 Å². The number of rotatable bonds is 8. The Bertz CT molecular complexity index is 797. The number of aromatic nitrogens is 1. The van der Waals surface area contributed by atoms with E-state index in [1.807, 2.05) is 6.07 Å². The number of sulfonamides is 1. The van der Waals surface area contributed by atoms with Gasteiger partial charge in [0.15, 0.2) is 0 Å². The van der Waals surface area contributed by atoms with Crippen molar-refractivity contribution in [3.8, 4) is 11.1 Å². The van der Waals surface area contributed by atoms with Crippen LogP contribution in [0, 0.1) is 6.92 Å². The van der Waals surface area contributed by atoms with E-state index in [2.05, 4.69) is 15.0 Å². The van der Waals surface area contributed by atoms with E-state index in [0.717, 1.165) is 11.1 Å². The fourth-order valence-electron chi connectivity index (χ4n) is 2.21. The fourth-order valence-corrected chi connectivity index (χ4v) is 3.68. The monoisotopic (exact) mass is 369 g/mol. The average Bonchev–Trinajstić information content (AvgIpc) is 2.55. The lowest BCUT2D eigenvalue weighted by Crippen LogP contribution is -2.33. The molecule has 0 aliphatic carbocycles. The first-order valence-electron chi connectivity index (χ1n) is 7.48. The molecule has 0 aliphatic heterocycles. The SMILES string of the molecule is Cc1ccc(-c2ccnc(Cl)c2)cc1S(=O)(=O)NCCNCCO. The van der Waals surface area contributed by atoms with Crippen LogP contribution in [-0.2, 0) is 10.0 Å². The Labute approximate surface area is 146 Å². The Hall–Kier alpha value is -1.51. The van der Waals surface area contributed by atoms with Gasteiger partial charge in [0.25, 0.3) is 0 Å². The van der Waals surface area contributed by atoms with Gasteiger partial charge in [-0.25, -0.2) is 18.1 Å². The molecule has 0 saturated carbocycles. The Morgan fingerprint density at radius 3 is 2.58 bits per heavy atom. The predicted molar refractivity (Wildman–Crippen MR) is 94.6 cm³/mol. The number of pyridine rings is 1. The van der Waals surface area contributed by atoms with Crippen LogP contribution in [0.3, 0.4) is 0 Å². The Morgan fingerprint density at radius 1 is 1.12 bits per heavy atom. The Kier molecular flexibility index (Phi) is 6.70. The Balaban J connectivity index is 2.21. The first-order chi connectivity index (χ1) is 11.4. The summed E-state index contributed by atoms with van der Waals surface area (Å²) in [6.45, 7) is 2.88. The minimum Gasteiger partial charge on any atom is -0.395 e. The van der Waals surface area contributed by atoms with Crippen molar-refractivity contribution in [2.75, 3.05) is 26.2 Å². The second-order valence-corrected chi connectivity index (χ2v) is 7.34. The molecule has 0 saturated heterocycles. The largest absolute Gasteiger partial charge is 0.395 e. The number of aryl methyl sites for hydroxylation is 1. The van der Waals surface area contributed by atoms with E-state index in [4.69, 9.17) is 16.7 Å². The highest BCUT2D eigenvalue weighted by molar-refractivity contribution is 7.89. The van der Waals surface area contributed by atoms with Crippen LogP contribution in [0.5, 0.6) is 0 Å². The van der Waals surface area contributed by atoms with E-state index in [0.29, 0.717) is 23.8 Å². The van der Waals surface area contributed by atoms with Crippen LogP contribution in [0.2, 0.25) is 5.15 Å². The summed E-state index contributed by atoms with van der Waals surface area (Å²) in [5, 5.41) is 12.0. The molecule has 1 aromatic carbocycles. The van der Waals surface area contributed by atoms with Crippen LogP contribution in [0.1, 0.15) is 5.56 Å². The van der Waals surface area contributed by atoms with Crippen molar-refractivity contribution < 1.29 is 13.5 Å². The summed E-state index contributed by atoms with van der Waals surface area (Å²) >= 11 is 5.90. The van der Waals surface area contributed by atoms with Gasteiger partial charge in [-0.3, -0.25) is 0 Å². The number of nitrogens with one attached hydrogen (secondary N) is 2. The van der Waals surface area contributed by atoms with Crippen LogP contribution in [-0.4, -0.2) is 44.7 Å². The standard InChI is InChI=1S/C16H20ClN3O3S/c1-12-2-3-13(14-4-5-19-16(17)11-14)10-15(12)24(22,23)20-7-6-18-8-9-21/h2-5,10-11,18,20-21H,6-9H2,1H3. The lowest BCUT2D eigenvalue weighted by molar-refractivity contribution is 0.293. The van der Waals surface area contributed by atoms with Gasteiger partial charge in [0, 0.05) is 25.8 Å². The van der Waals surface area contributed by atoms with Crippen molar-refractivity contribution >= 4 is 21.6 Å². The highest BCUT2D eigenvalue weighted by Gasteiger charge is 2.17. The van der Waals surface area contributed by atoms with E-state index in [1.165, 1.54) is 0 Å². The summed E-state index contributed by atoms with van der Waals surface area (Å²) in [4.78, 5) is 4.16. The van der Waals surface area contributed by atoms with E-state index in [9.17, 15) is 8.42 Å². The summed E-state index contributed by atoms with van der Waals surface area (Å²) in [6, 6.07) is 8.71. The van der Waals surface area contributed by atoms with Gasteiger partial charge < -0.3 is 10.4 Å². The first-order valence-corrected chi connectivity index (χ1v) is 9.34. The maximum absolute atomic E-state index is 12.5. The zero-order valence-electron chi connectivity index (χ0n) is 13.3. The molecule has 130 valence electrons. The quantitative estimate of drug-likeness (QED) is 0.485. The molecule has 1 aromatic heterocycles. The number of benzene rings is 1. The summed E-state index contributed by atoms with van der Waals surface area (Å²) in [7, 11) is -3.62. The predicted octanol–water partition coefficient (Wildman–Crippen LogP) is 1.57. The molecular formula is C16H20ClN3O3S. The number of nitrogens with zero attached hydrogens (tertiary/aromatic N) is 1. The minimum atomic E-state index is -3.62. The van der Waals surface area contributed by atoms with Gasteiger partial charge >= 0.3 is 0 Å². The van der Waals surface area contributed by atoms with Crippen molar-refractivity contribution in [1.82, 2.24) is 15.0 Å². The number of aliphatic hydroxyl groups excluding tert-OH is 1. The van der Waals surface area contributed by atoms with Gasteiger partial charge in [-0.05, 0) is 41.8 Å². The molecule has 0 unspecified atom stereocenters. The van der Waals surface area contributed by atoms with Crippen LogP contribution < -0.4 is 10.0 Å². The molecule has 0 amide bonds. The zero-order valence-corrected chi connectivity index (χ0v) is 14.9. The van der Waals surface area contributed by atoms with Crippen molar-refractivity contribution in [2.24, 2.45) is 0 Å². The van der Waals surface area contributed by atoms with Gasteiger partial charge in [0.05, 0.1) is 11.5 Å². The molecule has 24 heavy (non-hydrogen) atoms. The third kappa shape index (κ3) is 4.99. The minimum absolute atomic E-state index is 0.0163. The van der Waals surface area contributed by atoms with Gasteiger partial charge in [0.2, 0.25) is 10.0 Å². The van der Waals surface area contributed by atoms with E-state index in [1.54, 1.807) is 37.4 Å². The molecule has 8 heteroatoms. The molecule has 6 nitrogen and oxygen atoms in total. The molecule has 2 rings (SSSR count). The number of aliphatic hydroxyl groups is 1. The van der Waals surface area contributed by atoms with E-state index in [-0.39, 0.29) is 18.0 Å². The summed E-state index contributed by atoms with van der Waals surface area (Å²) in [6.07, 6.45) is 1.58. The van der Waals surface area contributed by atoms with Crippen molar-refractivity contribution in [3.63, 3.8) is 0 Å². The molecule has 0 spiro atoms. The number of halogens is 1. The molecule has 0 radical (unpaired) electrons. The van der Waals surface area contributed by atoms with Gasteiger partial charge in [-0.15, -0.1) is 0 Å². The topological polar surface area (TPSA) is 91.3 Å². The van der Waals surface area contributed by atoms with Crippen molar-refractivity contribution in [1.29, 1.82) is 0 Å². The summed E-state index contributed by atoms with van der Waals surface area (Å²) in [5.41, 5.74) is 2.22. The zero-order chi connectivity index (χ0) is 17.6.